The van der Waals surface area contributed by atoms with Crippen LogP contribution in [0, 0.1) is 5.41 Å². The first kappa shape index (κ1) is 17.3. The van der Waals surface area contributed by atoms with Gasteiger partial charge in [-0.15, -0.1) is 0 Å². The summed E-state index contributed by atoms with van der Waals surface area (Å²) in [4.78, 5) is 5.95. The van der Waals surface area contributed by atoms with E-state index in [4.69, 9.17) is 5.41 Å². The van der Waals surface area contributed by atoms with Gasteiger partial charge in [-0.3, -0.25) is 10.4 Å². The maximum Gasteiger partial charge on any atom is 0.411 e. The molecule has 0 amide bonds. The molecule has 0 aliphatic carbocycles. The first-order valence-electron chi connectivity index (χ1n) is 7.18. The van der Waals surface area contributed by atoms with E-state index < -0.39 is 12.2 Å². The second-order valence-electron chi connectivity index (χ2n) is 5.82. The van der Waals surface area contributed by atoms with E-state index in [2.05, 4.69) is 10.4 Å². The Balaban J connectivity index is 2.38. The van der Waals surface area contributed by atoms with E-state index >= 15 is 0 Å². The lowest BCUT2D eigenvalue weighted by molar-refractivity contribution is -0.144. The Labute approximate surface area is 133 Å². The Kier molecular flexibility index (Phi) is 4.65. The highest BCUT2D eigenvalue weighted by Crippen LogP contribution is 2.28. The molecule has 5 nitrogen and oxygen atoms in total. The molecule has 126 valence electrons. The number of amidine groups is 1. The molecule has 2 rings (SSSR count). The van der Waals surface area contributed by atoms with Crippen LogP contribution in [0.4, 0.5) is 24.5 Å². The lowest BCUT2D eigenvalue weighted by Gasteiger charge is -2.23. The average molecular weight is 327 g/mol. The normalized spacial score (nSPS) is 20.7. The highest BCUT2D eigenvalue weighted by molar-refractivity contribution is 6.44. The molecule has 1 aromatic carbocycles. The van der Waals surface area contributed by atoms with E-state index in [9.17, 15) is 13.2 Å². The number of nitrogens with zero attached hydrogens (tertiary/aromatic N) is 3. The van der Waals surface area contributed by atoms with Gasteiger partial charge in [0.2, 0.25) is 0 Å². The zero-order valence-corrected chi connectivity index (χ0v) is 13.4. The summed E-state index contributed by atoms with van der Waals surface area (Å²) >= 11 is 0. The summed E-state index contributed by atoms with van der Waals surface area (Å²) < 4.78 is 39.7. The molecule has 1 aliphatic heterocycles. The van der Waals surface area contributed by atoms with Crippen LogP contribution in [0.15, 0.2) is 29.3 Å². The van der Waals surface area contributed by atoms with Crippen molar-refractivity contribution in [3.05, 3.63) is 24.3 Å². The minimum absolute atomic E-state index is 0.251. The third-order valence-electron chi connectivity index (χ3n) is 3.48. The van der Waals surface area contributed by atoms with Gasteiger partial charge in [0.05, 0.1) is 5.69 Å². The lowest BCUT2D eigenvalue weighted by Crippen LogP contribution is -2.47. The smallest absolute Gasteiger partial charge is 0.378 e. The predicted molar refractivity (Wildman–Crippen MR) is 85.5 cm³/mol. The number of anilines is 1. The van der Waals surface area contributed by atoms with Crippen LogP contribution >= 0.6 is 0 Å². The molecule has 1 heterocycles. The maximum atomic E-state index is 13.2. The minimum Gasteiger partial charge on any atom is -0.378 e. The number of halogens is 3. The van der Waals surface area contributed by atoms with Gasteiger partial charge in [-0.2, -0.15) is 13.2 Å². The SMILES string of the molecule is CC(C)N1NC(C(F)(F)F)C(=Nc2ccc(N(C)C)cc2)C1=N. The van der Waals surface area contributed by atoms with E-state index in [-0.39, 0.29) is 17.6 Å². The quantitative estimate of drug-likeness (QED) is 0.897. The van der Waals surface area contributed by atoms with Crippen molar-refractivity contribution < 1.29 is 13.2 Å². The molecule has 0 bridgehead atoms. The van der Waals surface area contributed by atoms with Crippen molar-refractivity contribution in [1.82, 2.24) is 10.4 Å². The summed E-state index contributed by atoms with van der Waals surface area (Å²) in [6.07, 6.45) is -4.52. The minimum atomic E-state index is -4.52. The Morgan fingerprint density at radius 1 is 1.22 bits per heavy atom. The van der Waals surface area contributed by atoms with E-state index in [1.54, 1.807) is 38.1 Å². The fraction of sp³-hybridized carbons (Fsp3) is 0.467. The van der Waals surface area contributed by atoms with Crippen LogP contribution in [0.2, 0.25) is 0 Å². The Morgan fingerprint density at radius 3 is 2.22 bits per heavy atom. The van der Waals surface area contributed by atoms with Gasteiger partial charge in [0.25, 0.3) is 0 Å². The van der Waals surface area contributed by atoms with Crippen molar-refractivity contribution >= 4 is 22.9 Å². The molecule has 1 unspecified atom stereocenters. The van der Waals surface area contributed by atoms with Crippen molar-refractivity contribution in [2.24, 2.45) is 4.99 Å². The zero-order chi connectivity index (χ0) is 17.4. The van der Waals surface area contributed by atoms with Crippen LogP contribution in [0.1, 0.15) is 13.8 Å². The number of hydrazine groups is 1. The molecule has 1 aromatic rings. The summed E-state index contributed by atoms with van der Waals surface area (Å²) in [5.41, 5.74) is 3.32. The Hall–Kier alpha value is -2.09. The summed E-state index contributed by atoms with van der Waals surface area (Å²) in [5, 5.41) is 9.17. The second-order valence-corrected chi connectivity index (χ2v) is 5.82. The van der Waals surface area contributed by atoms with Crippen LogP contribution in [0.25, 0.3) is 0 Å². The van der Waals surface area contributed by atoms with Gasteiger partial charge in [0, 0.05) is 25.8 Å². The van der Waals surface area contributed by atoms with Crippen molar-refractivity contribution in [2.75, 3.05) is 19.0 Å². The van der Waals surface area contributed by atoms with E-state index in [0.29, 0.717) is 5.69 Å². The third-order valence-corrected chi connectivity index (χ3v) is 3.48. The summed E-state index contributed by atoms with van der Waals surface area (Å²) in [6, 6.07) is 4.58. The lowest BCUT2D eigenvalue weighted by atomic mass is 10.1. The number of hydrogen-bond acceptors (Lipinski definition) is 4. The Bertz CT molecular complexity index is 605. The van der Waals surface area contributed by atoms with Gasteiger partial charge in [-0.1, -0.05) is 0 Å². The monoisotopic (exact) mass is 327 g/mol. The van der Waals surface area contributed by atoms with Gasteiger partial charge in [-0.25, -0.2) is 10.4 Å². The molecular formula is C15H20F3N5. The topological polar surface area (TPSA) is 54.7 Å². The number of aliphatic imine (C=N–C) groups is 1. The molecule has 1 aliphatic rings. The van der Waals surface area contributed by atoms with Gasteiger partial charge in [0.15, 0.2) is 11.9 Å². The summed E-state index contributed by atoms with van der Waals surface area (Å²) in [7, 11) is 3.75. The van der Waals surface area contributed by atoms with Crippen LogP contribution in [-0.4, -0.2) is 48.9 Å². The first-order chi connectivity index (χ1) is 10.6. The molecule has 1 atom stereocenters. The standard InChI is InChI=1S/C15H20F3N5/c1-9(2)23-14(19)12(13(21-23)15(16,17)18)20-10-5-7-11(8-6-10)22(3)4/h5-9,13,19,21H,1-4H3. The van der Waals surface area contributed by atoms with Crippen LogP contribution in [-0.2, 0) is 0 Å². The molecule has 0 saturated carbocycles. The Morgan fingerprint density at radius 2 is 1.78 bits per heavy atom. The van der Waals surface area contributed by atoms with E-state index in [1.807, 2.05) is 19.0 Å². The fourth-order valence-electron chi connectivity index (χ4n) is 2.24. The summed E-state index contributed by atoms with van der Waals surface area (Å²) in [6.45, 7) is 3.42. The van der Waals surface area contributed by atoms with Crippen LogP contribution in [0.3, 0.4) is 0 Å². The molecule has 1 saturated heterocycles. The number of rotatable bonds is 3. The van der Waals surface area contributed by atoms with E-state index in [1.165, 1.54) is 5.01 Å². The average Bonchev–Trinajstić information content (AvgIpc) is 2.77. The van der Waals surface area contributed by atoms with Gasteiger partial charge >= 0.3 is 6.18 Å². The molecule has 0 radical (unpaired) electrons. The van der Waals surface area contributed by atoms with Crippen molar-refractivity contribution in [3.8, 4) is 0 Å². The van der Waals surface area contributed by atoms with Gasteiger partial charge < -0.3 is 4.90 Å². The molecule has 0 aromatic heterocycles. The molecule has 8 heteroatoms. The second kappa shape index (κ2) is 6.19. The van der Waals surface area contributed by atoms with Gasteiger partial charge in [0.1, 0.15) is 5.71 Å². The molecule has 23 heavy (non-hydrogen) atoms. The number of nitrogens with one attached hydrogen (secondary N) is 2. The molecule has 2 N–H and O–H groups in total. The maximum absolute atomic E-state index is 13.2. The van der Waals surface area contributed by atoms with Gasteiger partial charge in [-0.05, 0) is 38.1 Å². The van der Waals surface area contributed by atoms with Crippen molar-refractivity contribution in [3.63, 3.8) is 0 Å². The van der Waals surface area contributed by atoms with Crippen molar-refractivity contribution in [1.29, 1.82) is 5.41 Å². The first-order valence-corrected chi connectivity index (χ1v) is 7.18. The molecule has 0 spiro atoms. The van der Waals surface area contributed by atoms with Crippen LogP contribution in [0.5, 0.6) is 0 Å². The zero-order valence-electron chi connectivity index (χ0n) is 13.4. The largest absolute Gasteiger partial charge is 0.411 e. The highest BCUT2D eigenvalue weighted by atomic mass is 19.4. The van der Waals surface area contributed by atoms with Crippen LogP contribution < -0.4 is 10.3 Å². The summed E-state index contributed by atoms with van der Waals surface area (Å²) in [5.74, 6) is -0.251. The number of alkyl halides is 3. The molecular weight excluding hydrogens is 307 g/mol. The number of benzene rings is 1. The fourth-order valence-corrected chi connectivity index (χ4v) is 2.24. The predicted octanol–water partition coefficient (Wildman–Crippen LogP) is 2.96. The van der Waals surface area contributed by atoms with Crippen molar-refractivity contribution in [2.45, 2.75) is 32.1 Å². The highest BCUT2D eigenvalue weighted by Gasteiger charge is 2.51. The number of hydrogen-bond donors (Lipinski definition) is 2. The molecule has 1 fully saturated rings. The third kappa shape index (κ3) is 3.64. The van der Waals surface area contributed by atoms with E-state index in [0.717, 1.165) is 5.69 Å².